The third-order valence-electron chi connectivity index (χ3n) is 4.41. The zero-order chi connectivity index (χ0) is 16.1. The van der Waals surface area contributed by atoms with Crippen LogP contribution in [0.4, 0.5) is 0 Å². The summed E-state index contributed by atoms with van der Waals surface area (Å²) in [6.07, 6.45) is 4.71. The van der Waals surface area contributed by atoms with Crippen LogP contribution in [-0.2, 0) is 11.3 Å². The molecule has 1 saturated carbocycles. The molecule has 0 bridgehead atoms. The molecule has 0 aromatic carbocycles. The second-order valence-electron chi connectivity index (χ2n) is 6.54. The van der Waals surface area contributed by atoms with E-state index in [0.29, 0.717) is 12.3 Å². The number of carbonyl (C=O) groups excluding carboxylic acids is 1. The molecule has 3 rings (SSSR count). The van der Waals surface area contributed by atoms with E-state index in [1.54, 1.807) is 18.0 Å². The first kappa shape index (κ1) is 16.7. The van der Waals surface area contributed by atoms with E-state index in [2.05, 4.69) is 15.2 Å². The standard InChI is InChI=1S/C17H25N3O2S/c21-16-10-20(9-14-3-1-2-7-18-14)8-6-15(16)19-17(22)12-23-11-13-4-5-13/h1-3,7,13,15-16,21H,4-6,8-12H2,(H,19,22)/t15-,16-/m1/s1. The summed E-state index contributed by atoms with van der Waals surface area (Å²) in [5.74, 6) is 2.50. The number of pyridine rings is 1. The first-order chi connectivity index (χ1) is 11.2. The van der Waals surface area contributed by atoms with Crippen LogP contribution in [0, 0.1) is 5.92 Å². The quantitative estimate of drug-likeness (QED) is 0.786. The number of likely N-dealkylation sites (tertiary alicyclic amines) is 1. The third-order valence-corrected chi connectivity index (χ3v) is 5.58. The number of nitrogens with one attached hydrogen (secondary N) is 1. The van der Waals surface area contributed by atoms with Gasteiger partial charge in [-0.25, -0.2) is 0 Å². The molecular formula is C17H25N3O2S. The first-order valence-corrected chi connectivity index (χ1v) is 9.53. The van der Waals surface area contributed by atoms with Crippen molar-refractivity contribution >= 4 is 17.7 Å². The Kier molecular flexibility index (Phi) is 5.91. The van der Waals surface area contributed by atoms with Crippen LogP contribution in [0.3, 0.4) is 0 Å². The number of hydrogen-bond acceptors (Lipinski definition) is 5. The molecule has 0 spiro atoms. The maximum Gasteiger partial charge on any atom is 0.230 e. The van der Waals surface area contributed by atoms with Crippen LogP contribution in [0.25, 0.3) is 0 Å². The Balaban J connectivity index is 1.38. The van der Waals surface area contributed by atoms with Gasteiger partial charge in [0.2, 0.25) is 5.91 Å². The Hall–Kier alpha value is -1.11. The summed E-state index contributed by atoms with van der Waals surface area (Å²) in [7, 11) is 0. The number of aliphatic hydroxyl groups excluding tert-OH is 1. The molecule has 1 saturated heterocycles. The van der Waals surface area contributed by atoms with Gasteiger partial charge in [-0.05, 0) is 43.1 Å². The predicted molar refractivity (Wildman–Crippen MR) is 92.1 cm³/mol. The lowest BCUT2D eigenvalue weighted by molar-refractivity contribution is -0.120. The summed E-state index contributed by atoms with van der Waals surface area (Å²) >= 11 is 1.71. The molecule has 1 aliphatic heterocycles. The molecule has 5 nitrogen and oxygen atoms in total. The Morgan fingerprint density at radius 3 is 2.96 bits per heavy atom. The molecule has 0 unspecified atom stereocenters. The smallest absolute Gasteiger partial charge is 0.230 e. The molecule has 23 heavy (non-hydrogen) atoms. The topological polar surface area (TPSA) is 65.5 Å². The van der Waals surface area contributed by atoms with Gasteiger partial charge in [0.1, 0.15) is 0 Å². The molecule has 2 atom stereocenters. The second-order valence-corrected chi connectivity index (χ2v) is 7.57. The lowest BCUT2D eigenvalue weighted by atomic mass is 10.0. The van der Waals surface area contributed by atoms with Crippen molar-refractivity contribution in [2.24, 2.45) is 5.92 Å². The van der Waals surface area contributed by atoms with Crippen molar-refractivity contribution in [2.45, 2.75) is 38.0 Å². The number of carbonyl (C=O) groups is 1. The van der Waals surface area contributed by atoms with Crippen LogP contribution in [0.15, 0.2) is 24.4 Å². The summed E-state index contributed by atoms with van der Waals surface area (Å²) in [5.41, 5.74) is 1.01. The fourth-order valence-electron chi connectivity index (χ4n) is 2.88. The van der Waals surface area contributed by atoms with Crippen LogP contribution in [-0.4, -0.2) is 57.6 Å². The minimum Gasteiger partial charge on any atom is -0.390 e. The van der Waals surface area contributed by atoms with E-state index in [1.165, 1.54) is 12.8 Å². The number of nitrogens with zero attached hydrogens (tertiary/aromatic N) is 2. The maximum atomic E-state index is 12.0. The number of rotatable bonds is 7. The van der Waals surface area contributed by atoms with Crippen molar-refractivity contribution in [3.05, 3.63) is 30.1 Å². The van der Waals surface area contributed by atoms with Crippen molar-refractivity contribution < 1.29 is 9.90 Å². The zero-order valence-corrected chi connectivity index (χ0v) is 14.2. The van der Waals surface area contributed by atoms with Gasteiger partial charge in [0.25, 0.3) is 0 Å². The highest BCUT2D eigenvalue weighted by molar-refractivity contribution is 7.99. The minimum absolute atomic E-state index is 0.0536. The van der Waals surface area contributed by atoms with Crippen molar-refractivity contribution in [1.29, 1.82) is 0 Å². The van der Waals surface area contributed by atoms with Gasteiger partial charge >= 0.3 is 0 Å². The van der Waals surface area contributed by atoms with Crippen LogP contribution < -0.4 is 5.32 Å². The van der Waals surface area contributed by atoms with Crippen molar-refractivity contribution in [3.63, 3.8) is 0 Å². The summed E-state index contributed by atoms with van der Waals surface area (Å²) < 4.78 is 0. The lowest BCUT2D eigenvalue weighted by Crippen LogP contribution is -2.54. The predicted octanol–water partition coefficient (Wildman–Crippen LogP) is 1.28. The van der Waals surface area contributed by atoms with Crippen LogP contribution in [0.2, 0.25) is 0 Å². The summed E-state index contributed by atoms with van der Waals surface area (Å²) in [6, 6.07) is 5.76. The Bertz CT molecular complexity index is 510. The number of aliphatic hydroxyl groups is 1. The fraction of sp³-hybridized carbons (Fsp3) is 0.647. The zero-order valence-electron chi connectivity index (χ0n) is 13.4. The number of aromatic nitrogens is 1. The van der Waals surface area contributed by atoms with E-state index >= 15 is 0 Å². The largest absolute Gasteiger partial charge is 0.390 e. The van der Waals surface area contributed by atoms with Crippen LogP contribution >= 0.6 is 11.8 Å². The van der Waals surface area contributed by atoms with E-state index in [4.69, 9.17) is 0 Å². The fourth-order valence-corrected chi connectivity index (χ4v) is 3.93. The van der Waals surface area contributed by atoms with Gasteiger partial charge in [-0.3, -0.25) is 14.7 Å². The third kappa shape index (κ3) is 5.48. The van der Waals surface area contributed by atoms with E-state index in [1.807, 2.05) is 18.2 Å². The number of piperidine rings is 1. The molecular weight excluding hydrogens is 310 g/mol. The Morgan fingerprint density at radius 1 is 1.39 bits per heavy atom. The summed E-state index contributed by atoms with van der Waals surface area (Å²) in [6.45, 7) is 2.19. The summed E-state index contributed by atoms with van der Waals surface area (Å²) in [4.78, 5) is 18.5. The average Bonchev–Trinajstić information content (AvgIpc) is 3.35. The number of β-amino-alcohol motifs (C(OH)–C–C–N with tert-alkyl or cyclic N) is 1. The van der Waals surface area contributed by atoms with Crippen LogP contribution in [0.1, 0.15) is 25.0 Å². The molecule has 2 fully saturated rings. The van der Waals surface area contributed by atoms with Crippen LogP contribution in [0.5, 0.6) is 0 Å². The molecule has 0 radical (unpaired) electrons. The van der Waals surface area contributed by atoms with Gasteiger partial charge in [-0.2, -0.15) is 11.8 Å². The monoisotopic (exact) mass is 335 g/mol. The molecule has 1 aliphatic carbocycles. The van der Waals surface area contributed by atoms with E-state index in [-0.39, 0.29) is 11.9 Å². The van der Waals surface area contributed by atoms with Gasteiger partial charge in [-0.15, -0.1) is 0 Å². The maximum absolute atomic E-state index is 12.0. The van der Waals surface area contributed by atoms with Crippen molar-refractivity contribution in [2.75, 3.05) is 24.6 Å². The molecule has 2 heterocycles. The molecule has 6 heteroatoms. The Labute approximate surface area is 141 Å². The molecule has 1 aromatic heterocycles. The number of amides is 1. The second kappa shape index (κ2) is 8.13. The van der Waals surface area contributed by atoms with E-state index < -0.39 is 6.10 Å². The molecule has 126 valence electrons. The van der Waals surface area contributed by atoms with Gasteiger partial charge in [0.05, 0.1) is 23.6 Å². The van der Waals surface area contributed by atoms with Gasteiger partial charge in [0.15, 0.2) is 0 Å². The van der Waals surface area contributed by atoms with Gasteiger partial charge < -0.3 is 10.4 Å². The average molecular weight is 335 g/mol. The highest BCUT2D eigenvalue weighted by atomic mass is 32.2. The molecule has 1 amide bonds. The molecule has 2 N–H and O–H groups in total. The summed E-state index contributed by atoms with van der Waals surface area (Å²) in [5, 5.41) is 13.3. The Morgan fingerprint density at radius 2 is 2.26 bits per heavy atom. The molecule has 2 aliphatic rings. The molecule has 1 aromatic rings. The lowest BCUT2D eigenvalue weighted by Gasteiger charge is -2.36. The first-order valence-electron chi connectivity index (χ1n) is 8.38. The normalized spacial score (nSPS) is 25.3. The SMILES string of the molecule is O=C(CSCC1CC1)N[C@@H]1CCN(Cc2ccccn2)C[C@H]1O. The van der Waals surface area contributed by atoms with E-state index in [0.717, 1.165) is 36.9 Å². The van der Waals surface area contributed by atoms with Crippen molar-refractivity contribution in [1.82, 2.24) is 15.2 Å². The number of hydrogen-bond donors (Lipinski definition) is 2. The van der Waals surface area contributed by atoms with Crippen molar-refractivity contribution in [3.8, 4) is 0 Å². The van der Waals surface area contributed by atoms with Gasteiger partial charge in [-0.1, -0.05) is 6.07 Å². The number of thioether (sulfide) groups is 1. The van der Waals surface area contributed by atoms with E-state index in [9.17, 15) is 9.90 Å². The minimum atomic E-state index is -0.509. The highest BCUT2D eigenvalue weighted by Gasteiger charge is 2.29. The highest BCUT2D eigenvalue weighted by Crippen LogP contribution is 2.32. The van der Waals surface area contributed by atoms with Gasteiger partial charge in [0, 0.05) is 25.8 Å².